The minimum Gasteiger partial charge on any atom is -0.343 e. The van der Waals surface area contributed by atoms with Crippen LogP contribution < -0.4 is 5.32 Å². The van der Waals surface area contributed by atoms with E-state index in [0.717, 1.165) is 15.7 Å². The minimum absolute atomic E-state index is 0.205. The zero-order valence-electron chi connectivity index (χ0n) is 14.4. The van der Waals surface area contributed by atoms with Gasteiger partial charge in [0.05, 0.1) is 11.7 Å². The average Bonchev–Trinajstić information content (AvgIpc) is 3.12. The molecule has 0 saturated carbocycles. The fourth-order valence-electron chi connectivity index (χ4n) is 2.41. The van der Waals surface area contributed by atoms with E-state index < -0.39 is 0 Å². The van der Waals surface area contributed by atoms with Crippen molar-refractivity contribution in [3.8, 4) is 5.69 Å². The van der Waals surface area contributed by atoms with E-state index >= 15 is 0 Å². The quantitative estimate of drug-likeness (QED) is 0.650. The molecule has 0 aliphatic heterocycles. The molecule has 0 saturated heterocycles. The lowest BCUT2D eigenvalue weighted by Gasteiger charge is -2.12. The Bertz CT molecular complexity index is 916. The average molecular weight is 412 g/mol. The summed E-state index contributed by atoms with van der Waals surface area (Å²) < 4.78 is 2.58. The van der Waals surface area contributed by atoms with Crippen LogP contribution in [-0.4, -0.2) is 26.1 Å². The van der Waals surface area contributed by atoms with Gasteiger partial charge in [-0.25, -0.2) is 0 Å². The van der Waals surface area contributed by atoms with Crippen LogP contribution in [0.4, 0.5) is 0 Å². The highest BCUT2D eigenvalue weighted by Crippen LogP contribution is 2.17. The number of hydrogen-bond donors (Lipinski definition) is 1. The Balaban J connectivity index is 1.69. The van der Waals surface area contributed by atoms with Crippen LogP contribution in [0.15, 0.2) is 59.1 Å². The topological polar surface area (TPSA) is 72.7 Å². The van der Waals surface area contributed by atoms with Crippen LogP contribution in [0.25, 0.3) is 11.8 Å². The van der Waals surface area contributed by atoms with Gasteiger partial charge in [-0.05, 0) is 60.2 Å². The molecule has 1 N–H and O–H groups in total. The Hall–Kier alpha value is -2.80. The standard InChI is InChI=1S/C19H18BrN5O/c1-13-3-5-15(6-4-13)7-12-18(26)21-14(2)19-22-23-24-25(19)17-10-8-16(20)9-11-17/h3-12,14H,1-2H3,(H,21,26)/b12-7+. The molecule has 1 amide bonds. The van der Waals surface area contributed by atoms with Crippen molar-refractivity contribution in [2.45, 2.75) is 19.9 Å². The molecule has 0 fully saturated rings. The van der Waals surface area contributed by atoms with Crippen LogP contribution in [-0.2, 0) is 4.79 Å². The maximum Gasteiger partial charge on any atom is 0.244 e. The Morgan fingerprint density at radius 3 is 2.54 bits per heavy atom. The van der Waals surface area contributed by atoms with E-state index in [-0.39, 0.29) is 11.9 Å². The summed E-state index contributed by atoms with van der Waals surface area (Å²) in [5, 5.41) is 14.7. The first-order valence-corrected chi connectivity index (χ1v) is 8.92. The number of rotatable bonds is 5. The molecule has 1 atom stereocenters. The number of carbonyl (C=O) groups excluding carboxylic acids is 1. The van der Waals surface area contributed by atoms with E-state index in [9.17, 15) is 4.79 Å². The van der Waals surface area contributed by atoms with E-state index in [2.05, 4.69) is 36.8 Å². The first kappa shape index (κ1) is 18.0. The molecule has 2 aromatic carbocycles. The Labute approximate surface area is 160 Å². The summed E-state index contributed by atoms with van der Waals surface area (Å²) in [5.74, 6) is 0.354. The number of aryl methyl sites for hydroxylation is 1. The van der Waals surface area contributed by atoms with Crippen LogP contribution in [0.1, 0.15) is 29.9 Å². The summed E-state index contributed by atoms with van der Waals surface area (Å²) in [5.41, 5.74) is 2.97. The zero-order valence-corrected chi connectivity index (χ0v) is 16.0. The van der Waals surface area contributed by atoms with Gasteiger partial charge < -0.3 is 5.32 Å². The van der Waals surface area contributed by atoms with Gasteiger partial charge in [-0.3, -0.25) is 4.79 Å². The number of halogens is 1. The monoisotopic (exact) mass is 411 g/mol. The van der Waals surface area contributed by atoms with Crippen molar-refractivity contribution in [2.75, 3.05) is 0 Å². The third-order valence-corrected chi connectivity index (χ3v) is 4.34. The molecule has 26 heavy (non-hydrogen) atoms. The maximum absolute atomic E-state index is 12.2. The van der Waals surface area contributed by atoms with E-state index in [1.54, 1.807) is 10.8 Å². The molecule has 0 spiro atoms. The lowest BCUT2D eigenvalue weighted by molar-refractivity contribution is -0.117. The summed E-state index contributed by atoms with van der Waals surface area (Å²) in [6, 6.07) is 15.2. The largest absolute Gasteiger partial charge is 0.343 e. The number of tetrazole rings is 1. The maximum atomic E-state index is 12.2. The summed E-state index contributed by atoms with van der Waals surface area (Å²) in [6.45, 7) is 3.87. The lowest BCUT2D eigenvalue weighted by Crippen LogP contribution is -2.27. The molecule has 0 radical (unpaired) electrons. The fourth-order valence-corrected chi connectivity index (χ4v) is 2.67. The highest BCUT2D eigenvalue weighted by atomic mass is 79.9. The second-order valence-electron chi connectivity index (χ2n) is 5.90. The van der Waals surface area contributed by atoms with Crippen LogP contribution in [0.3, 0.4) is 0 Å². The summed E-state index contributed by atoms with van der Waals surface area (Å²) in [7, 11) is 0. The van der Waals surface area contributed by atoms with Gasteiger partial charge in [0.2, 0.25) is 5.91 Å². The van der Waals surface area contributed by atoms with Crippen molar-refractivity contribution in [1.29, 1.82) is 0 Å². The number of carbonyl (C=O) groups is 1. The number of nitrogens with one attached hydrogen (secondary N) is 1. The fraction of sp³-hybridized carbons (Fsp3) is 0.158. The zero-order chi connectivity index (χ0) is 18.5. The Morgan fingerprint density at radius 2 is 1.85 bits per heavy atom. The predicted molar refractivity (Wildman–Crippen MR) is 104 cm³/mol. The van der Waals surface area contributed by atoms with Crippen LogP contribution >= 0.6 is 15.9 Å². The Morgan fingerprint density at radius 1 is 1.15 bits per heavy atom. The summed E-state index contributed by atoms with van der Waals surface area (Å²) >= 11 is 3.40. The van der Waals surface area contributed by atoms with Gasteiger partial charge in [-0.1, -0.05) is 45.8 Å². The highest BCUT2D eigenvalue weighted by molar-refractivity contribution is 9.10. The van der Waals surface area contributed by atoms with Crippen LogP contribution in [0.5, 0.6) is 0 Å². The van der Waals surface area contributed by atoms with E-state index in [1.807, 2.05) is 62.4 Å². The smallest absolute Gasteiger partial charge is 0.244 e. The van der Waals surface area contributed by atoms with Crippen molar-refractivity contribution in [3.63, 3.8) is 0 Å². The molecule has 0 aliphatic carbocycles. The number of nitrogens with zero attached hydrogens (tertiary/aromatic N) is 4. The molecular formula is C19H18BrN5O. The normalized spacial score (nSPS) is 12.3. The molecule has 1 aromatic heterocycles. The second kappa shape index (κ2) is 8.05. The van der Waals surface area contributed by atoms with Crippen molar-refractivity contribution in [1.82, 2.24) is 25.5 Å². The number of aromatic nitrogens is 4. The first-order valence-electron chi connectivity index (χ1n) is 8.12. The van der Waals surface area contributed by atoms with Gasteiger partial charge in [0.25, 0.3) is 0 Å². The third-order valence-electron chi connectivity index (χ3n) is 3.82. The minimum atomic E-state index is -0.344. The lowest BCUT2D eigenvalue weighted by atomic mass is 10.1. The van der Waals surface area contributed by atoms with Crippen molar-refractivity contribution < 1.29 is 4.79 Å². The van der Waals surface area contributed by atoms with Gasteiger partial charge in [0, 0.05) is 10.5 Å². The van der Waals surface area contributed by atoms with Gasteiger partial charge >= 0.3 is 0 Å². The van der Waals surface area contributed by atoms with Crippen molar-refractivity contribution in [3.05, 3.63) is 76.0 Å². The van der Waals surface area contributed by atoms with Gasteiger partial charge in [0.1, 0.15) is 0 Å². The van der Waals surface area contributed by atoms with Crippen LogP contribution in [0.2, 0.25) is 0 Å². The number of hydrogen-bond acceptors (Lipinski definition) is 4. The summed E-state index contributed by atoms with van der Waals surface area (Å²) in [4.78, 5) is 12.2. The SMILES string of the molecule is Cc1ccc(/C=C/C(=O)NC(C)c2nnnn2-c2ccc(Br)cc2)cc1. The number of benzene rings is 2. The first-order chi connectivity index (χ1) is 12.5. The van der Waals surface area contributed by atoms with Crippen molar-refractivity contribution >= 4 is 27.9 Å². The molecule has 0 bridgehead atoms. The molecule has 6 nitrogen and oxygen atoms in total. The summed E-state index contributed by atoms with van der Waals surface area (Å²) in [6.07, 6.45) is 3.29. The van der Waals surface area contributed by atoms with Crippen LogP contribution in [0, 0.1) is 6.92 Å². The van der Waals surface area contributed by atoms with E-state index in [0.29, 0.717) is 5.82 Å². The highest BCUT2D eigenvalue weighted by Gasteiger charge is 2.17. The van der Waals surface area contributed by atoms with Gasteiger partial charge in [-0.2, -0.15) is 4.68 Å². The van der Waals surface area contributed by atoms with Gasteiger partial charge in [-0.15, -0.1) is 5.10 Å². The van der Waals surface area contributed by atoms with E-state index in [1.165, 1.54) is 11.6 Å². The molecule has 132 valence electrons. The molecule has 0 aliphatic rings. The Kier molecular flexibility index (Phi) is 5.58. The predicted octanol–water partition coefficient (Wildman–Crippen LogP) is 3.62. The van der Waals surface area contributed by atoms with Gasteiger partial charge in [0.15, 0.2) is 5.82 Å². The molecule has 1 heterocycles. The third kappa shape index (κ3) is 4.43. The van der Waals surface area contributed by atoms with Crippen molar-refractivity contribution in [2.24, 2.45) is 0 Å². The molecule has 1 unspecified atom stereocenters. The number of amides is 1. The molecule has 3 aromatic rings. The molecule has 7 heteroatoms. The molecule has 3 rings (SSSR count). The van der Waals surface area contributed by atoms with E-state index in [4.69, 9.17) is 0 Å². The second-order valence-corrected chi connectivity index (χ2v) is 6.82. The molecular weight excluding hydrogens is 394 g/mol.